The summed E-state index contributed by atoms with van der Waals surface area (Å²) >= 11 is 0. The lowest BCUT2D eigenvalue weighted by Gasteiger charge is -2.11. The second-order valence-electron chi connectivity index (χ2n) is 6.87. The fraction of sp³-hybridized carbons (Fsp3) is 0.130. The number of ether oxygens (including phenoxy) is 2. The van der Waals surface area contributed by atoms with Crippen LogP contribution in [0.25, 0.3) is 0 Å². The predicted molar refractivity (Wildman–Crippen MR) is 114 cm³/mol. The Balaban J connectivity index is 1.36. The van der Waals surface area contributed by atoms with Gasteiger partial charge in [-0.25, -0.2) is 4.79 Å². The van der Waals surface area contributed by atoms with E-state index in [4.69, 9.17) is 9.47 Å². The maximum Gasteiger partial charge on any atom is 0.323 e. The highest BCUT2D eigenvalue weighted by Gasteiger charge is 2.21. The maximum atomic E-state index is 12.5. The molecule has 0 saturated carbocycles. The SMILES string of the molecule is Cc1cccc(NC(=O)Nc2cccc(CNC(=O)c3cccc4c3OCO4)c2)c1. The van der Waals surface area contributed by atoms with Gasteiger partial charge in [-0.2, -0.15) is 0 Å². The fourth-order valence-corrected chi connectivity index (χ4v) is 3.16. The summed E-state index contributed by atoms with van der Waals surface area (Å²) in [6.45, 7) is 2.38. The van der Waals surface area contributed by atoms with Gasteiger partial charge in [-0.05, 0) is 54.4 Å². The molecule has 7 nitrogen and oxygen atoms in total. The van der Waals surface area contributed by atoms with Crippen molar-refractivity contribution in [1.82, 2.24) is 5.32 Å². The van der Waals surface area contributed by atoms with Gasteiger partial charge in [0.2, 0.25) is 6.79 Å². The van der Waals surface area contributed by atoms with Crippen molar-refractivity contribution in [2.75, 3.05) is 17.4 Å². The third-order valence-corrected chi connectivity index (χ3v) is 4.56. The molecule has 30 heavy (non-hydrogen) atoms. The molecule has 0 aromatic heterocycles. The third-order valence-electron chi connectivity index (χ3n) is 4.56. The lowest BCUT2D eigenvalue weighted by molar-refractivity contribution is 0.0946. The van der Waals surface area contributed by atoms with E-state index < -0.39 is 0 Å². The highest BCUT2D eigenvalue weighted by atomic mass is 16.7. The van der Waals surface area contributed by atoms with Gasteiger partial charge < -0.3 is 25.4 Å². The number of urea groups is 1. The zero-order chi connectivity index (χ0) is 20.9. The van der Waals surface area contributed by atoms with Crippen LogP contribution in [0.15, 0.2) is 66.7 Å². The highest BCUT2D eigenvalue weighted by molar-refractivity contribution is 6.00. The molecule has 0 bridgehead atoms. The van der Waals surface area contributed by atoms with Crippen molar-refractivity contribution >= 4 is 23.3 Å². The summed E-state index contributed by atoms with van der Waals surface area (Å²) in [5.74, 6) is 0.764. The number of carbonyl (C=O) groups is 2. The molecule has 0 saturated heterocycles. The molecule has 0 spiro atoms. The van der Waals surface area contributed by atoms with E-state index in [2.05, 4.69) is 16.0 Å². The van der Waals surface area contributed by atoms with E-state index in [0.717, 1.165) is 16.8 Å². The molecular formula is C23H21N3O4. The number of para-hydroxylation sites is 1. The molecule has 0 unspecified atom stereocenters. The number of anilines is 2. The zero-order valence-corrected chi connectivity index (χ0v) is 16.4. The zero-order valence-electron chi connectivity index (χ0n) is 16.4. The Bertz CT molecular complexity index is 1100. The van der Waals surface area contributed by atoms with Crippen LogP contribution in [0.5, 0.6) is 11.5 Å². The van der Waals surface area contributed by atoms with Gasteiger partial charge in [0.1, 0.15) is 0 Å². The summed E-state index contributed by atoms with van der Waals surface area (Å²) in [6, 6.07) is 19.7. The van der Waals surface area contributed by atoms with Gasteiger partial charge in [0.25, 0.3) is 5.91 Å². The molecule has 3 aromatic carbocycles. The molecular weight excluding hydrogens is 382 g/mol. The number of hydrogen-bond donors (Lipinski definition) is 3. The van der Waals surface area contributed by atoms with Crippen molar-refractivity contribution in [3.8, 4) is 11.5 Å². The smallest absolute Gasteiger partial charge is 0.323 e. The van der Waals surface area contributed by atoms with Crippen molar-refractivity contribution in [3.05, 3.63) is 83.4 Å². The molecule has 4 rings (SSSR count). The number of nitrogens with one attached hydrogen (secondary N) is 3. The fourth-order valence-electron chi connectivity index (χ4n) is 3.16. The van der Waals surface area contributed by atoms with Crippen LogP contribution in [0.3, 0.4) is 0 Å². The van der Waals surface area contributed by atoms with Crippen molar-refractivity contribution in [2.24, 2.45) is 0 Å². The second-order valence-corrected chi connectivity index (χ2v) is 6.87. The quantitative estimate of drug-likeness (QED) is 0.593. The van der Waals surface area contributed by atoms with E-state index in [0.29, 0.717) is 29.3 Å². The van der Waals surface area contributed by atoms with Crippen LogP contribution in [0.2, 0.25) is 0 Å². The van der Waals surface area contributed by atoms with Gasteiger partial charge >= 0.3 is 6.03 Å². The summed E-state index contributed by atoms with van der Waals surface area (Å²) in [5, 5.41) is 8.47. The molecule has 3 amide bonds. The molecule has 3 N–H and O–H groups in total. The van der Waals surface area contributed by atoms with Crippen LogP contribution in [-0.4, -0.2) is 18.7 Å². The van der Waals surface area contributed by atoms with Crippen molar-refractivity contribution in [2.45, 2.75) is 13.5 Å². The first-order valence-corrected chi connectivity index (χ1v) is 9.49. The predicted octanol–water partition coefficient (Wildman–Crippen LogP) is 4.30. The first kappa shape index (κ1) is 19.3. The standard InChI is InChI=1S/C23H21N3O4/c1-15-5-2-7-17(11-15)25-23(28)26-18-8-3-6-16(12-18)13-24-22(27)19-9-4-10-20-21(19)30-14-29-20/h2-12H,13-14H2,1H3,(H,24,27)(H2,25,26,28). The molecule has 1 aliphatic heterocycles. The number of rotatable bonds is 5. The number of benzene rings is 3. The van der Waals surface area contributed by atoms with Gasteiger partial charge in [-0.15, -0.1) is 0 Å². The molecule has 1 aliphatic rings. The molecule has 0 aliphatic carbocycles. The summed E-state index contributed by atoms with van der Waals surface area (Å²) < 4.78 is 10.7. The minimum Gasteiger partial charge on any atom is -0.454 e. The lowest BCUT2D eigenvalue weighted by Crippen LogP contribution is -2.23. The number of carbonyl (C=O) groups excluding carboxylic acids is 2. The van der Waals surface area contributed by atoms with Gasteiger partial charge in [-0.3, -0.25) is 4.79 Å². The minimum absolute atomic E-state index is 0.109. The molecule has 0 atom stereocenters. The Kier molecular flexibility index (Phi) is 5.52. The Labute approximate surface area is 174 Å². The summed E-state index contributed by atoms with van der Waals surface area (Å²) in [7, 11) is 0. The van der Waals surface area contributed by atoms with Crippen LogP contribution < -0.4 is 25.4 Å². The first-order chi connectivity index (χ1) is 14.6. The topological polar surface area (TPSA) is 88.7 Å². The monoisotopic (exact) mass is 403 g/mol. The van der Waals surface area contributed by atoms with E-state index >= 15 is 0 Å². The summed E-state index contributed by atoms with van der Waals surface area (Å²) in [6.07, 6.45) is 0. The van der Waals surface area contributed by atoms with Crippen LogP contribution in [0.4, 0.5) is 16.2 Å². The van der Waals surface area contributed by atoms with Crippen LogP contribution >= 0.6 is 0 Å². The van der Waals surface area contributed by atoms with Crippen molar-refractivity contribution in [3.63, 3.8) is 0 Å². The number of amides is 3. The Morgan fingerprint density at radius 2 is 1.63 bits per heavy atom. The second kappa shape index (κ2) is 8.57. The molecule has 7 heteroatoms. The van der Waals surface area contributed by atoms with Crippen molar-refractivity contribution in [1.29, 1.82) is 0 Å². The summed E-state index contributed by atoms with van der Waals surface area (Å²) in [5.41, 5.74) is 3.69. The Morgan fingerprint density at radius 3 is 2.43 bits per heavy atom. The molecule has 152 valence electrons. The van der Waals surface area contributed by atoms with Crippen molar-refractivity contribution < 1.29 is 19.1 Å². The Morgan fingerprint density at radius 1 is 0.900 bits per heavy atom. The molecule has 1 heterocycles. The molecule has 0 fully saturated rings. The molecule has 0 radical (unpaired) electrons. The van der Waals surface area contributed by atoms with E-state index in [1.54, 1.807) is 24.3 Å². The average Bonchev–Trinajstić information content (AvgIpc) is 3.21. The first-order valence-electron chi connectivity index (χ1n) is 9.49. The minimum atomic E-state index is -0.334. The number of aryl methyl sites for hydroxylation is 1. The van der Waals surface area contributed by atoms with E-state index in [1.807, 2.05) is 49.4 Å². The van der Waals surface area contributed by atoms with Gasteiger partial charge in [0, 0.05) is 17.9 Å². The largest absolute Gasteiger partial charge is 0.454 e. The van der Waals surface area contributed by atoms with E-state index in [-0.39, 0.29) is 18.7 Å². The van der Waals surface area contributed by atoms with E-state index in [1.165, 1.54) is 0 Å². The van der Waals surface area contributed by atoms with E-state index in [9.17, 15) is 9.59 Å². The normalized spacial score (nSPS) is 11.6. The maximum absolute atomic E-state index is 12.5. The van der Waals surface area contributed by atoms with Crippen LogP contribution in [-0.2, 0) is 6.54 Å². The summed E-state index contributed by atoms with van der Waals surface area (Å²) in [4.78, 5) is 24.8. The Hall–Kier alpha value is -4.00. The number of hydrogen-bond acceptors (Lipinski definition) is 4. The highest BCUT2D eigenvalue weighted by Crippen LogP contribution is 2.35. The van der Waals surface area contributed by atoms with Crippen LogP contribution in [0.1, 0.15) is 21.5 Å². The van der Waals surface area contributed by atoms with Gasteiger partial charge in [0.15, 0.2) is 11.5 Å². The third kappa shape index (κ3) is 4.52. The van der Waals surface area contributed by atoms with Crippen LogP contribution in [0, 0.1) is 6.92 Å². The van der Waals surface area contributed by atoms with Gasteiger partial charge in [0.05, 0.1) is 5.56 Å². The lowest BCUT2D eigenvalue weighted by atomic mass is 10.1. The number of fused-ring (bicyclic) bond motifs is 1. The van der Waals surface area contributed by atoms with Gasteiger partial charge in [-0.1, -0.05) is 30.3 Å². The molecule has 3 aromatic rings. The average molecular weight is 403 g/mol.